The molecule has 2 aromatic rings. The normalized spacial score (nSPS) is 11.1. The van der Waals surface area contributed by atoms with E-state index in [4.69, 9.17) is 0 Å². The molecular formula is C19H30FIN6. The molecule has 6 nitrogen and oxygen atoms in total. The van der Waals surface area contributed by atoms with Gasteiger partial charge in [-0.1, -0.05) is 12.1 Å². The molecule has 150 valence electrons. The van der Waals surface area contributed by atoms with E-state index in [0.29, 0.717) is 12.2 Å². The molecule has 0 saturated heterocycles. The molecule has 8 heteroatoms. The maximum Gasteiger partial charge on any atom is 0.191 e. The smallest absolute Gasteiger partial charge is 0.191 e. The molecule has 0 fully saturated rings. The van der Waals surface area contributed by atoms with E-state index >= 15 is 0 Å². The highest BCUT2D eigenvalue weighted by Crippen LogP contribution is 2.16. The molecule has 0 amide bonds. The van der Waals surface area contributed by atoms with Crippen LogP contribution in [0, 0.1) is 19.7 Å². The molecule has 0 unspecified atom stereocenters. The summed E-state index contributed by atoms with van der Waals surface area (Å²) < 4.78 is 15.7. The Kier molecular flexibility index (Phi) is 9.54. The van der Waals surface area contributed by atoms with Crippen molar-refractivity contribution < 1.29 is 4.39 Å². The molecule has 1 aromatic heterocycles. The first kappa shape index (κ1) is 23.2. The van der Waals surface area contributed by atoms with E-state index in [1.165, 1.54) is 11.6 Å². The van der Waals surface area contributed by atoms with Gasteiger partial charge < -0.3 is 15.5 Å². The van der Waals surface area contributed by atoms with Crippen LogP contribution in [0.1, 0.15) is 23.4 Å². The number of aryl methyl sites for hydroxylation is 2. The number of anilines is 1. The standard InChI is InChI=1S/C19H29FN6.HI/c1-14-16(15(2)26(5)24-14)13-23-19(21-3)22-11-8-12-25(4)18-10-7-6-9-17(18)20;/h6-7,9-10H,8,11-13H2,1-5H3,(H2,21,22,23);1H. The Balaban J connectivity index is 0.00000364. The summed E-state index contributed by atoms with van der Waals surface area (Å²) in [4.78, 5) is 6.18. The fourth-order valence-corrected chi connectivity index (χ4v) is 2.87. The summed E-state index contributed by atoms with van der Waals surface area (Å²) in [7, 11) is 5.61. The van der Waals surface area contributed by atoms with Gasteiger partial charge in [0.15, 0.2) is 5.96 Å². The van der Waals surface area contributed by atoms with Gasteiger partial charge in [-0.15, -0.1) is 24.0 Å². The fourth-order valence-electron chi connectivity index (χ4n) is 2.87. The largest absolute Gasteiger partial charge is 0.372 e. The number of rotatable bonds is 7. The Bertz CT molecular complexity index is 759. The third kappa shape index (κ3) is 6.37. The van der Waals surface area contributed by atoms with Crippen molar-refractivity contribution in [3.63, 3.8) is 0 Å². The van der Waals surface area contributed by atoms with Crippen LogP contribution in [0.3, 0.4) is 0 Å². The summed E-state index contributed by atoms with van der Waals surface area (Å²) in [6, 6.07) is 6.83. The van der Waals surface area contributed by atoms with Gasteiger partial charge in [0.2, 0.25) is 0 Å². The lowest BCUT2D eigenvalue weighted by atomic mass is 10.2. The second kappa shape index (κ2) is 11.1. The molecule has 2 rings (SSSR count). The third-order valence-electron chi connectivity index (χ3n) is 4.54. The van der Waals surface area contributed by atoms with Crippen molar-refractivity contribution in [1.29, 1.82) is 0 Å². The van der Waals surface area contributed by atoms with Gasteiger partial charge in [-0.25, -0.2) is 4.39 Å². The highest BCUT2D eigenvalue weighted by molar-refractivity contribution is 14.0. The number of benzene rings is 1. The van der Waals surface area contributed by atoms with Crippen LogP contribution in [0.4, 0.5) is 10.1 Å². The lowest BCUT2D eigenvalue weighted by Gasteiger charge is -2.20. The minimum Gasteiger partial charge on any atom is -0.372 e. The van der Waals surface area contributed by atoms with Crippen LogP contribution in [0.5, 0.6) is 0 Å². The molecule has 0 aliphatic carbocycles. The summed E-state index contributed by atoms with van der Waals surface area (Å²) in [5.41, 5.74) is 3.99. The monoisotopic (exact) mass is 488 g/mol. The van der Waals surface area contributed by atoms with Gasteiger partial charge in [0.1, 0.15) is 5.82 Å². The Morgan fingerprint density at radius 2 is 1.96 bits per heavy atom. The summed E-state index contributed by atoms with van der Waals surface area (Å²) >= 11 is 0. The average molecular weight is 488 g/mol. The van der Waals surface area contributed by atoms with Crippen LogP contribution in [0.2, 0.25) is 0 Å². The Morgan fingerprint density at radius 1 is 1.26 bits per heavy atom. The number of aliphatic imine (C=N–C) groups is 1. The molecule has 1 heterocycles. The third-order valence-corrected chi connectivity index (χ3v) is 4.54. The summed E-state index contributed by atoms with van der Waals surface area (Å²) in [6.07, 6.45) is 0.872. The number of halogens is 2. The number of guanidine groups is 1. The van der Waals surface area contributed by atoms with Gasteiger partial charge in [-0.2, -0.15) is 5.10 Å². The summed E-state index contributed by atoms with van der Waals surface area (Å²) in [6.45, 7) is 6.26. The van der Waals surface area contributed by atoms with Crippen molar-refractivity contribution in [3.8, 4) is 0 Å². The second-order valence-corrected chi connectivity index (χ2v) is 6.35. The van der Waals surface area contributed by atoms with E-state index in [1.807, 2.05) is 36.7 Å². The summed E-state index contributed by atoms with van der Waals surface area (Å²) in [5, 5.41) is 11.0. The fraction of sp³-hybridized carbons (Fsp3) is 0.474. The zero-order valence-electron chi connectivity index (χ0n) is 16.7. The van der Waals surface area contributed by atoms with Crippen LogP contribution in [-0.2, 0) is 13.6 Å². The molecule has 0 bridgehead atoms. The number of aromatic nitrogens is 2. The molecular weight excluding hydrogens is 458 g/mol. The van der Waals surface area contributed by atoms with Crippen molar-refractivity contribution in [2.75, 3.05) is 32.1 Å². The molecule has 0 aliphatic rings. The Morgan fingerprint density at radius 3 is 2.56 bits per heavy atom. The quantitative estimate of drug-likeness (QED) is 0.273. The predicted octanol–water partition coefficient (Wildman–Crippen LogP) is 2.99. The van der Waals surface area contributed by atoms with E-state index in [1.54, 1.807) is 19.2 Å². The van der Waals surface area contributed by atoms with Crippen LogP contribution in [0.15, 0.2) is 29.3 Å². The van der Waals surface area contributed by atoms with E-state index in [-0.39, 0.29) is 29.8 Å². The first-order valence-electron chi connectivity index (χ1n) is 8.83. The number of hydrogen-bond acceptors (Lipinski definition) is 3. The number of nitrogens with one attached hydrogen (secondary N) is 2. The van der Waals surface area contributed by atoms with E-state index in [9.17, 15) is 4.39 Å². The second-order valence-electron chi connectivity index (χ2n) is 6.35. The highest BCUT2D eigenvalue weighted by Gasteiger charge is 2.10. The van der Waals surface area contributed by atoms with E-state index in [0.717, 1.165) is 36.9 Å². The molecule has 1 aromatic carbocycles. The summed E-state index contributed by atoms with van der Waals surface area (Å²) in [5.74, 6) is 0.559. The van der Waals surface area contributed by atoms with Gasteiger partial charge in [0.25, 0.3) is 0 Å². The Labute approximate surface area is 178 Å². The van der Waals surface area contributed by atoms with Crippen molar-refractivity contribution in [2.45, 2.75) is 26.8 Å². The van der Waals surface area contributed by atoms with Gasteiger partial charge in [0, 0.05) is 52.0 Å². The minimum atomic E-state index is -0.192. The van der Waals surface area contributed by atoms with Crippen LogP contribution < -0.4 is 15.5 Å². The van der Waals surface area contributed by atoms with Crippen molar-refractivity contribution in [3.05, 3.63) is 47.0 Å². The lowest BCUT2D eigenvalue weighted by Crippen LogP contribution is -2.38. The molecule has 0 aliphatic heterocycles. The van der Waals surface area contributed by atoms with Gasteiger partial charge in [-0.05, 0) is 32.4 Å². The maximum atomic E-state index is 13.8. The van der Waals surface area contributed by atoms with Crippen LogP contribution >= 0.6 is 24.0 Å². The van der Waals surface area contributed by atoms with Crippen molar-refractivity contribution >= 4 is 35.6 Å². The molecule has 0 radical (unpaired) electrons. The maximum absolute atomic E-state index is 13.8. The first-order valence-corrected chi connectivity index (χ1v) is 8.83. The van der Waals surface area contributed by atoms with Crippen LogP contribution in [-0.4, -0.2) is 42.9 Å². The predicted molar refractivity (Wildman–Crippen MR) is 121 cm³/mol. The lowest BCUT2D eigenvalue weighted by molar-refractivity contribution is 0.619. The van der Waals surface area contributed by atoms with E-state index in [2.05, 4.69) is 27.6 Å². The number of nitrogens with zero attached hydrogens (tertiary/aromatic N) is 4. The SMILES string of the molecule is CN=C(NCCCN(C)c1ccccc1F)NCc1c(C)nn(C)c1C.I. The zero-order valence-corrected chi connectivity index (χ0v) is 19.0. The van der Waals surface area contributed by atoms with Gasteiger partial charge >= 0.3 is 0 Å². The average Bonchev–Trinajstić information content (AvgIpc) is 2.86. The van der Waals surface area contributed by atoms with Crippen molar-refractivity contribution in [2.24, 2.45) is 12.0 Å². The van der Waals surface area contributed by atoms with Gasteiger partial charge in [-0.3, -0.25) is 9.67 Å². The Hall–Kier alpha value is -1.84. The van der Waals surface area contributed by atoms with E-state index < -0.39 is 0 Å². The molecule has 0 saturated carbocycles. The minimum absolute atomic E-state index is 0. The zero-order chi connectivity index (χ0) is 19.1. The molecule has 0 atom stereocenters. The first-order chi connectivity index (χ1) is 12.4. The molecule has 27 heavy (non-hydrogen) atoms. The highest BCUT2D eigenvalue weighted by atomic mass is 127. The number of para-hydroxylation sites is 1. The molecule has 2 N–H and O–H groups in total. The topological polar surface area (TPSA) is 57.5 Å². The van der Waals surface area contributed by atoms with Crippen LogP contribution in [0.25, 0.3) is 0 Å². The molecule has 0 spiro atoms. The number of hydrogen-bond donors (Lipinski definition) is 2. The van der Waals surface area contributed by atoms with Gasteiger partial charge in [0.05, 0.1) is 11.4 Å². The van der Waals surface area contributed by atoms with Crippen molar-refractivity contribution in [1.82, 2.24) is 20.4 Å².